The van der Waals surface area contributed by atoms with E-state index in [0.717, 1.165) is 18.8 Å². The zero-order valence-corrected chi connectivity index (χ0v) is 13.0. The van der Waals surface area contributed by atoms with E-state index in [2.05, 4.69) is 15.2 Å². The summed E-state index contributed by atoms with van der Waals surface area (Å²) in [6, 6.07) is 6.74. The fourth-order valence-corrected chi connectivity index (χ4v) is 2.96. The molecular formula is C17H21N3O3. The first-order valence-electron chi connectivity index (χ1n) is 7.98. The van der Waals surface area contributed by atoms with Crippen LogP contribution in [0.2, 0.25) is 0 Å². The number of H-pyrrole nitrogens is 1. The first-order valence-corrected chi connectivity index (χ1v) is 7.98. The molecule has 0 aromatic carbocycles. The second-order valence-corrected chi connectivity index (χ2v) is 5.78. The molecule has 23 heavy (non-hydrogen) atoms. The topological polar surface area (TPSA) is 78.3 Å². The van der Waals surface area contributed by atoms with Gasteiger partial charge in [0.05, 0.1) is 17.9 Å². The van der Waals surface area contributed by atoms with Gasteiger partial charge >= 0.3 is 0 Å². The maximum absolute atomic E-state index is 12.2. The lowest BCUT2D eigenvalue weighted by molar-refractivity contribution is 0.0913. The number of furan rings is 1. The number of hydrogen-bond donors (Lipinski definition) is 2. The number of piperidine rings is 1. The highest BCUT2D eigenvalue weighted by Crippen LogP contribution is 2.24. The maximum Gasteiger partial charge on any atom is 0.252 e. The van der Waals surface area contributed by atoms with Gasteiger partial charge in [-0.1, -0.05) is 6.42 Å². The summed E-state index contributed by atoms with van der Waals surface area (Å²) in [5.41, 5.74) is 0.227. The van der Waals surface area contributed by atoms with E-state index in [1.54, 1.807) is 6.26 Å². The smallest absolute Gasteiger partial charge is 0.252 e. The van der Waals surface area contributed by atoms with Gasteiger partial charge in [-0.25, -0.2) is 0 Å². The number of pyridine rings is 1. The van der Waals surface area contributed by atoms with E-state index in [-0.39, 0.29) is 17.5 Å². The number of amides is 1. The number of rotatable bonds is 5. The average molecular weight is 315 g/mol. The molecule has 1 aliphatic heterocycles. The van der Waals surface area contributed by atoms with Gasteiger partial charge in [-0.05, 0) is 44.1 Å². The van der Waals surface area contributed by atoms with Gasteiger partial charge in [-0.2, -0.15) is 0 Å². The predicted octanol–water partition coefficient (Wildman–Crippen LogP) is 1.92. The second kappa shape index (κ2) is 7.28. The molecule has 0 spiro atoms. The maximum atomic E-state index is 12.2. The van der Waals surface area contributed by atoms with Crippen molar-refractivity contribution < 1.29 is 9.21 Å². The summed E-state index contributed by atoms with van der Waals surface area (Å²) >= 11 is 0. The van der Waals surface area contributed by atoms with Crippen LogP contribution < -0.4 is 10.9 Å². The number of carbonyl (C=O) groups is 1. The van der Waals surface area contributed by atoms with E-state index in [1.807, 2.05) is 12.1 Å². The number of nitrogens with one attached hydrogen (secondary N) is 2. The molecule has 0 radical (unpaired) electrons. The molecule has 6 nitrogen and oxygen atoms in total. The van der Waals surface area contributed by atoms with Crippen LogP contribution in [0, 0.1) is 0 Å². The number of likely N-dealkylation sites (tertiary alicyclic amines) is 1. The van der Waals surface area contributed by atoms with E-state index >= 15 is 0 Å². The fourth-order valence-electron chi connectivity index (χ4n) is 2.96. The van der Waals surface area contributed by atoms with Crippen LogP contribution in [0.5, 0.6) is 0 Å². The Labute approximate surface area is 134 Å². The summed E-state index contributed by atoms with van der Waals surface area (Å²) in [7, 11) is 0. The molecule has 1 fully saturated rings. The summed E-state index contributed by atoms with van der Waals surface area (Å²) < 4.78 is 5.56. The van der Waals surface area contributed by atoms with Crippen molar-refractivity contribution in [1.29, 1.82) is 0 Å². The van der Waals surface area contributed by atoms with Gasteiger partial charge in [0.2, 0.25) is 5.56 Å². The highest BCUT2D eigenvalue weighted by atomic mass is 16.3. The number of aromatic amines is 1. The van der Waals surface area contributed by atoms with Crippen molar-refractivity contribution in [3.05, 3.63) is 58.4 Å². The number of aromatic nitrogens is 1. The van der Waals surface area contributed by atoms with Gasteiger partial charge in [-0.3, -0.25) is 14.5 Å². The Morgan fingerprint density at radius 3 is 2.74 bits per heavy atom. The minimum absolute atomic E-state index is 0.0389. The predicted molar refractivity (Wildman–Crippen MR) is 86.3 cm³/mol. The molecule has 1 amide bonds. The molecule has 2 aromatic rings. The van der Waals surface area contributed by atoms with E-state index in [0.29, 0.717) is 12.1 Å². The van der Waals surface area contributed by atoms with E-state index < -0.39 is 0 Å². The van der Waals surface area contributed by atoms with Gasteiger partial charge in [0.1, 0.15) is 5.76 Å². The SMILES string of the molecule is O=C(NCC(c1ccco1)N1CCCCC1)c1ccc(=O)[nH]c1. The summed E-state index contributed by atoms with van der Waals surface area (Å²) in [6.45, 7) is 2.51. The third-order valence-corrected chi connectivity index (χ3v) is 4.21. The van der Waals surface area contributed by atoms with Crippen molar-refractivity contribution >= 4 is 5.91 Å². The van der Waals surface area contributed by atoms with Crippen molar-refractivity contribution in [1.82, 2.24) is 15.2 Å². The van der Waals surface area contributed by atoms with Crippen molar-refractivity contribution in [3.63, 3.8) is 0 Å². The van der Waals surface area contributed by atoms with Crippen LogP contribution in [0.4, 0.5) is 0 Å². The monoisotopic (exact) mass is 315 g/mol. The van der Waals surface area contributed by atoms with Crippen LogP contribution in [0.15, 0.2) is 45.9 Å². The Morgan fingerprint density at radius 2 is 2.09 bits per heavy atom. The first-order chi connectivity index (χ1) is 11.2. The Morgan fingerprint density at radius 1 is 1.26 bits per heavy atom. The molecule has 3 heterocycles. The van der Waals surface area contributed by atoms with Crippen LogP contribution >= 0.6 is 0 Å². The largest absolute Gasteiger partial charge is 0.468 e. The molecular weight excluding hydrogens is 294 g/mol. The molecule has 6 heteroatoms. The van der Waals surface area contributed by atoms with Crippen molar-refractivity contribution in [2.75, 3.05) is 19.6 Å². The minimum Gasteiger partial charge on any atom is -0.468 e. The van der Waals surface area contributed by atoms with Crippen molar-refractivity contribution in [2.24, 2.45) is 0 Å². The lowest BCUT2D eigenvalue weighted by Crippen LogP contribution is -2.40. The number of carbonyl (C=O) groups excluding carboxylic acids is 1. The number of nitrogens with zero attached hydrogens (tertiary/aromatic N) is 1. The highest BCUT2D eigenvalue weighted by Gasteiger charge is 2.25. The lowest BCUT2D eigenvalue weighted by atomic mass is 10.1. The summed E-state index contributed by atoms with van der Waals surface area (Å²) in [5, 5.41) is 2.94. The highest BCUT2D eigenvalue weighted by molar-refractivity contribution is 5.93. The Bertz CT molecular complexity index is 667. The van der Waals surface area contributed by atoms with Crippen molar-refractivity contribution in [3.8, 4) is 0 Å². The molecule has 122 valence electrons. The molecule has 3 rings (SSSR count). The first kappa shape index (κ1) is 15.6. The van der Waals surface area contributed by atoms with Crippen LogP contribution in [0.3, 0.4) is 0 Å². The molecule has 1 saturated heterocycles. The Balaban J connectivity index is 1.67. The average Bonchev–Trinajstić information content (AvgIpc) is 3.11. The molecule has 0 bridgehead atoms. The van der Waals surface area contributed by atoms with Gasteiger partial charge in [0.15, 0.2) is 0 Å². The third-order valence-electron chi connectivity index (χ3n) is 4.21. The zero-order valence-electron chi connectivity index (χ0n) is 13.0. The third kappa shape index (κ3) is 3.90. The van der Waals surface area contributed by atoms with E-state index in [9.17, 15) is 9.59 Å². The van der Waals surface area contributed by atoms with E-state index in [4.69, 9.17) is 4.42 Å². The molecule has 0 aliphatic carbocycles. The second-order valence-electron chi connectivity index (χ2n) is 5.78. The number of hydrogen-bond acceptors (Lipinski definition) is 4. The van der Waals surface area contributed by atoms with Gasteiger partial charge in [0.25, 0.3) is 5.91 Å². The van der Waals surface area contributed by atoms with Crippen LogP contribution in [-0.4, -0.2) is 35.4 Å². The quantitative estimate of drug-likeness (QED) is 0.883. The summed E-state index contributed by atoms with van der Waals surface area (Å²) in [4.78, 5) is 28.2. The molecule has 0 saturated carbocycles. The Kier molecular flexibility index (Phi) is 4.92. The summed E-state index contributed by atoms with van der Waals surface area (Å²) in [6.07, 6.45) is 6.69. The van der Waals surface area contributed by atoms with Crippen molar-refractivity contribution in [2.45, 2.75) is 25.3 Å². The van der Waals surface area contributed by atoms with Crippen LogP contribution in [0.1, 0.15) is 41.4 Å². The van der Waals surface area contributed by atoms with Gasteiger partial charge < -0.3 is 14.7 Å². The van der Waals surface area contributed by atoms with Crippen LogP contribution in [0.25, 0.3) is 0 Å². The standard InChI is InChI=1S/C17H21N3O3/c21-16-7-6-13(11-18-16)17(22)19-12-14(15-5-4-10-23-15)20-8-2-1-3-9-20/h4-7,10-11,14H,1-3,8-9,12H2,(H,18,21)(H,19,22). The van der Waals surface area contributed by atoms with Crippen LogP contribution in [-0.2, 0) is 0 Å². The lowest BCUT2D eigenvalue weighted by Gasteiger charge is -2.33. The molecule has 1 unspecified atom stereocenters. The summed E-state index contributed by atoms with van der Waals surface area (Å²) in [5.74, 6) is 0.670. The fraction of sp³-hybridized carbons (Fsp3) is 0.412. The van der Waals surface area contributed by atoms with Gasteiger partial charge in [-0.15, -0.1) is 0 Å². The minimum atomic E-state index is -0.219. The Hall–Kier alpha value is -2.34. The molecule has 2 aromatic heterocycles. The normalized spacial score (nSPS) is 16.9. The zero-order chi connectivity index (χ0) is 16.1. The van der Waals surface area contributed by atoms with E-state index in [1.165, 1.54) is 37.6 Å². The molecule has 2 N–H and O–H groups in total. The molecule has 1 atom stereocenters. The van der Waals surface area contributed by atoms with Gasteiger partial charge in [0, 0.05) is 18.8 Å². The molecule has 1 aliphatic rings.